The number of nitrogens with one attached hydrogen (secondary N) is 1. The molecule has 0 aliphatic carbocycles. The Labute approximate surface area is 105 Å². The number of halogens is 1. The number of fused-ring (bicyclic) bond motifs is 1. The van der Waals surface area contributed by atoms with Gasteiger partial charge >= 0.3 is 0 Å². The minimum atomic E-state index is 0.493. The van der Waals surface area contributed by atoms with Crippen molar-refractivity contribution in [2.75, 3.05) is 24.5 Å². The quantitative estimate of drug-likeness (QED) is 0.844. The van der Waals surface area contributed by atoms with Crippen molar-refractivity contribution in [3.8, 4) is 0 Å². The second-order valence-corrected chi connectivity index (χ2v) is 4.95. The predicted octanol–water partition coefficient (Wildman–Crippen LogP) is 2.88. The Bertz CT molecular complexity index is 537. The van der Waals surface area contributed by atoms with Crippen LogP contribution in [0.3, 0.4) is 0 Å². The molecule has 0 saturated carbocycles. The van der Waals surface area contributed by atoms with Crippen LogP contribution in [0.2, 0.25) is 5.02 Å². The molecule has 3 nitrogen and oxygen atoms in total. The van der Waals surface area contributed by atoms with Crippen LogP contribution >= 0.6 is 11.6 Å². The van der Waals surface area contributed by atoms with Crippen molar-refractivity contribution < 1.29 is 4.42 Å². The number of anilines is 1. The molecule has 0 radical (unpaired) electrons. The van der Waals surface area contributed by atoms with E-state index < -0.39 is 0 Å². The largest absolute Gasteiger partial charge is 0.439 e. The third kappa shape index (κ3) is 2.01. The van der Waals surface area contributed by atoms with Crippen LogP contribution in [0.4, 0.5) is 5.88 Å². The summed E-state index contributed by atoms with van der Waals surface area (Å²) in [5.41, 5.74) is 0.787. The Morgan fingerprint density at radius 3 is 3.12 bits per heavy atom. The molecule has 1 atom stereocenters. The normalized spacial score (nSPS) is 21.1. The van der Waals surface area contributed by atoms with Crippen molar-refractivity contribution in [2.45, 2.75) is 13.0 Å². The lowest BCUT2D eigenvalue weighted by Gasteiger charge is -2.31. The van der Waals surface area contributed by atoms with Crippen LogP contribution in [-0.4, -0.2) is 25.7 Å². The van der Waals surface area contributed by atoms with Crippen LogP contribution in [0.1, 0.15) is 6.92 Å². The van der Waals surface area contributed by atoms with Gasteiger partial charge in [-0.1, -0.05) is 23.7 Å². The van der Waals surface area contributed by atoms with Gasteiger partial charge in [0.15, 0.2) is 11.5 Å². The second-order valence-electron chi connectivity index (χ2n) is 4.54. The first kappa shape index (κ1) is 10.9. The Morgan fingerprint density at radius 1 is 1.47 bits per heavy atom. The third-order valence-electron chi connectivity index (χ3n) is 3.16. The SMILES string of the molecule is CC1CN(c2cc3cccc(Cl)c3o2)CCN1. The summed E-state index contributed by atoms with van der Waals surface area (Å²) in [5, 5.41) is 5.16. The van der Waals surface area contributed by atoms with Gasteiger partial charge in [0.1, 0.15) is 0 Å². The molecule has 4 heteroatoms. The Morgan fingerprint density at radius 2 is 2.35 bits per heavy atom. The molecular weight excluding hydrogens is 236 g/mol. The fraction of sp³-hybridized carbons (Fsp3) is 0.385. The van der Waals surface area contributed by atoms with E-state index in [4.69, 9.17) is 16.0 Å². The van der Waals surface area contributed by atoms with Gasteiger partial charge < -0.3 is 14.6 Å². The number of piperazine rings is 1. The summed E-state index contributed by atoms with van der Waals surface area (Å²) in [6.45, 7) is 5.12. The van der Waals surface area contributed by atoms with Gasteiger partial charge in [-0.3, -0.25) is 0 Å². The fourth-order valence-corrected chi connectivity index (χ4v) is 2.52. The van der Waals surface area contributed by atoms with Crippen LogP contribution < -0.4 is 10.2 Å². The third-order valence-corrected chi connectivity index (χ3v) is 3.46. The van der Waals surface area contributed by atoms with Crippen molar-refractivity contribution in [1.29, 1.82) is 0 Å². The monoisotopic (exact) mass is 250 g/mol. The van der Waals surface area contributed by atoms with E-state index in [-0.39, 0.29) is 0 Å². The Kier molecular flexibility index (Phi) is 2.73. The lowest BCUT2D eigenvalue weighted by Crippen LogP contribution is -2.49. The molecule has 1 N–H and O–H groups in total. The number of furan rings is 1. The van der Waals surface area contributed by atoms with Crippen molar-refractivity contribution in [3.63, 3.8) is 0 Å². The summed E-state index contributed by atoms with van der Waals surface area (Å²) >= 11 is 6.11. The van der Waals surface area contributed by atoms with E-state index in [9.17, 15) is 0 Å². The minimum absolute atomic E-state index is 0.493. The summed E-state index contributed by atoms with van der Waals surface area (Å²) in [6.07, 6.45) is 0. The highest BCUT2D eigenvalue weighted by atomic mass is 35.5. The van der Waals surface area contributed by atoms with Crippen LogP contribution in [-0.2, 0) is 0 Å². The van der Waals surface area contributed by atoms with Crippen molar-refractivity contribution in [3.05, 3.63) is 29.3 Å². The average molecular weight is 251 g/mol. The van der Waals surface area contributed by atoms with Gasteiger partial charge in [0.25, 0.3) is 0 Å². The van der Waals surface area contributed by atoms with Gasteiger partial charge in [0.05, 0.1) is 5.02 Å². The van der Waals surface area contributed by atoms with E-state index in [0.29, 0.717) is 11.1 Å². The van der Waals surface area contributed by atoms with Crippen molar-refractivity contribution in [1.82, 2.24) is 5.32 Å². The van der Waals surface area contributed by atoms with Crippen LogP contribution in [0.5, 0.6) is 0 Å². The van der Waals surface area contributed by atoms with Gasteiger partial charge in [-0.25, -0.2) is 0 Å². The standard InChI is InChI=1S/C13H15ClN2O/c1-9-8-16(6-5-15-9)12-7-10-3-2-4-11(14)13(10)17-12/h2-4,7,9,15H,5-6,8H2,1H3. The van der Waals surface area contributed by atoms with Crippen molar-refractivity contribution in [2.24, 2.45) is 0 Å². The zero-order valence-electron chi connectivity index (χ0n) is 9.74. The summed E-state index contributed by atoms with van der Waals surface area (Å²) in [7, 11) is 0. The molecule has 0 amide bonds. The molecule has 0 spiro atoms. The molecule has 0 bridgehead atoms. The van der Waals surface area contributed by atoms with Crippen LogP contribution in [0, 0.1) is 0 Å². The number of rotatable bonds is 1. The number of benzene rings is 1. The van der Waals surface area contributed by atoms with E-state index in [0.717, 1.165) is 36.5 Å². The number of hydrogen-bond acceptors (Lipinski definition) is 3. The van der Waals surface area contributed by atoms with E-state index in [2.05, 4.69) is 23.2 Å². The molecule has 2 heterocycles. The topological polar surface area (TPSA) is 28.4 Å². The molecule has 1 aliphatic rings. The van der Waals surface area contributed by atoms with Gasteiger partial charge in [-0.15, -0.1) is 0 Å². The maximum Gasteiger partial charge on any atom is 0.196 e. The lowest BCUT2D eigenvalue weighted by atomic mass is 10.2. The second kappa shape index (κ2) is 4.24. The smallest absolute Gasteiger partial charge is 0.196 e. The average Bonchev–Trinajstić information content (AvgIpc) is 2.74. The van der Waals surface area contributed by atoms with Gasteiger partial charge in [-0.2, -0.15) is 0 Å². The van der Waals surface area contributed by atoms with E-state index in [1.165, 1.54) is 0 Å². The first-order chi connectivity index (χ1) is 8.24. The summed E-state index contributed by atoms with van der Waals surface area (Å²) in [6, 6.07) is 8.40. The highest BCUT2D eigenvalue weighted by Crippen LogP contribution is 2.31. The van der Waals surface area contributed by atoms with Crippen molar-refractivity contribution >= 4 is 28.5 Å². The van der Waals surface area contributed by atoms with Gasteiger partial charge in [0, 0.05) is 37.1 Å². The molecule has 1 unspecified atom stereocenters. The Hall–Kier alpha value is -1.19. The summed E-state index contributed by atoms with van der Waals surface area (Å²) in [5.74, 6) is 0.918. The van der Waals surface area contributed by atoms with Gasteiger partial charge in [-0.05, 0) is 13.0 Å². The van der Waals surface area contributed by atoms with E-state index in [1.807, 2.05) is 18.2 Å². The van der Waals surface area contributed by atoms with E-state index in [1.54, 1.807) is 0 Å². The molecule has 17 heavy (non-hydrogen) atoms. The highest BCUT2D eigenvalue weighted by Gasteiger charge is 2.19. The first-order valence-corrected chi connectivity index (χ1v) is 6.28. The Balaban J connectivity index is 1.97. The first-order valence-electron chi connectivity index (χ1n) is 5.90. The highest BCUT2D eigenvalue weighted by molar-refractivity contribution is 6.34. The summed E-state index contributed by atoms with van der Waals surface area (Å²) in [4.78, 5) is 2.26. The maximum absolute atomic E-state index is 6.11. The number of para-hydroxylation sites is 1. The van der Waals surface area contributed by atoms with Crippen LogP contribution in [0.15, 0.2) is 28.7 Å². The zero-order valence-corrected chi connectivity index (χ0v) is 10.5. The maximum atomic E-state index is 6.11. The molecule has 1 aromatic heterocycles. The molecule has 1 fully saturated rings. The van der Waals surface area contributed by atoms with E-state index >= 15 is 0 Å². The minimum Gasteiger partial charge on any atom is -0.439 e. The lowest BCUT2D eigenvalue weighted by molar-refractivity contribution is 0.458. The molecule has 1 saturated heterocycles. The van der Waals surface area contributed by atoms with Crippen LogP contribution in [0.25, 0.3) is 11.0 Å². The van der Waals surface area contributed by atoms with Gasteiger partial charge in [0.2, 0.25) is 0 Å². The molecule has 3 rings (SSSR count). The molecular formula is C13H15ClN2O. The molecule has 1 aromatic carbocycles. The number of nitrogens with zero attached hydrogens (tertiary/aromatic N) is 1. The summed E-state index contributed by atoms with van der Waals surface area (Å²) < 4.78 is 5.85. The molecule has 90 valence electrons. The molecule has 2 aromatic rings. The zero-order chi connectivity index (χ0) is 11.8. The fourth-order valence-electron chi connectivity index (χ4n) is 2.30. The molecule has 1 aliphatic heterocycles. The predicted molar refractivity (Wildman–Crippen MR) is 70.9 cm³/mol. The number of hydrogen-bond donors (Lipinski definition) is 1.